The lowest BCUT2D eigenvalue weighted by atomic mass is 9.77. The molecule has 0 saturated heterocycles. The van der Waals surface area contributed by atoms with Crippen LogP contribution in [0.5, 0.6) is 0 Å². The molecule has 0 N–H and O–H groups in total. The molecule has 2 rings (SSSR count). The highest BCUT2D eigenvalue weighted by atomic mass is 32.2. The summed E-state index contributed by atoms with van der Waals surface area (Å²) in [5.74, 6) is 2.07. The van der Waals surface area contributed by atoms with Gasteiger partial charge in [0, 0.05) is 12.0 Å². The number of carbonyl (C=O) groups is 1. The molecule has 0 bridgehead atoms. The molecule has 0 fully saturated rings. The van der Waals surface area contributed by atoms with Crippen LogP contribution in [-0.4, -0.2) is 17.8 Å². The lowest BCUT2D eigenvalue weighted by Crippen LogP contribution is -2.20. The second kappa shape index (κ2) is 8.19. The molecule has 0 amide bonds. The van der Waals surface area contributed by atoms with Gasteiger partial charge >= 0.3 is 0 Å². The van der Waals surface area contributed by atoms with Crippen molar-refractivity contribution in [2.24, 2.45) is 5.92 Å². The van der Waals surface area contributed by atoms with Crippen LogP contribution in [-0.2, 0) is 17.6 Å². The Hall–Kier alpha value is -1.02. The van der Waals surface area contributed by atoms with E-state index in [1.165, 1.54) is 27.8 Å². The fraction of sp³-hybridized carbons (Fsp3) is 0.571. The number of carbonyl (C=O) groups excluding carboxylic acids is 1. The molecule has 1 aromatic rings. The van der Waals surface area contributed by atoms with Crippen molar-refractivity contribution in [2.75, 3.05) is 12.0 Å². The highest BCUT2D eigenvalue weighted by Crippen LogP contribution is 2.38. The smallest absolute Gasteiger partial charge is 0.163 e. The molecule has 1 aliphatic rings. The summed E-state index contributed by atoms with van der Waals surface area (Å²) >= 11 is 1.88. The van der Waals surface area contributed by atoms with Gasteiger partial charge in [0.15, 0.2) is 5.78 Å². The van der Waals surface area contributed by atoms with Crippen LogP contribution in [0, 0.1) is 12.8 Å². The fourth-order valence-electron chi connectivity index (χ4n) is 3.87. The number of Topliss-reactive ketones (excluding diaryl/α,β-unsaturated/α-hetero) is 1. The Bertz CT molecular complexity index is 587. The summed E-state index contributed by atoms with van der Waals surface area (Å²) in [5, 5.41) is 0. The minimum Gasteiger partial charge on any atom is -0.294 e. The summed E-state index contributed by atoms with van der Waals surface area (Å²) in [4.78, 5) is 12.9. The minimum absolute atomic E-state index is 0.369. The van der Waals surface area contributed by atoms with Gasteiger partial charge < -0.3 is 0 Å². The van der Waals surface area contributed by atoms with E-state index < -0.39 is 0 Å². The zero-order valence-corrected chi connectivity index (χ0v) is 16.1. The van der Waals surface area contributed by atoms with Crippen LogP contribution >= 0.6 is 11.8 Å². The van der Waals surface area contributed by atoms with E-state index >= 15 is 0 Å². The molecule has 23 heavy (non-hydrogen) atoms. The van der Waals surface area contributed by atoms with E-state index in [-0.39, 0.29) is 0 Å². The first-order valence-electron chi connectivity index (χ1n) is 8.86. The van der Waals surface area contributed by atoms with Gasteiger partial charge in [0.05, 0.1) is 0 Å². The average molecular weight is 331 g/mol. The summed E-state index contributed by atoms with van der Waals surface area (Å²) in [5.41, 5.74) is 7.59. The first-order valence-corrected chi connectivity index (χ1v) is 10.3. The third kappa shape index (κ3) is 4.09. The number of hydrogen-bond acceptors (Lipinski definition) is 2. The fourth-order valence-corrected chi connectivity index (χ4v) is 4.44. The molecule has 2 heteroatoms. The van der Waals surface area contributed by atoms with E-state index in [9.17, 15) is 4.79 Å². The molecule has 126 valence electrons. The van der Waals surface area contributed by atoms with Crippen LogP contribution in [0.2, 0.25) is 0 Å². The van der Waals surface area contributed by atoms with Crippen molar-refractivity contribution in [3.63, 3.8) is 0 Å². The predicted octanol–water partition coefficient (Wildman–Crippen LogP) is 5.63. The van der Waals surface area contributed by atoms with Gasteiger partial charge in [-0.3, -0.25) is 4.79 Å². The van der Waals surface area contributed by atoms with Crippen LogP contribution in [0.1, 0.15) is 62.3 Å². The first-order chi connectivity index (χ1) is 11.0. The van der Waals surface area contributed by atoms with Crippen molar-refractivity contribution in [3.8, 4) is 0 Å². The second-order valence-electron chi connectivity index (χ2n) is 6.80. The van der Waals surface area contributed by atoms with E-state index in [1.54, 1.807) is 0 Å². The number of hydrogen-bond donors (Lipinski definition) is 0. The monoisotopic (exact) mass is 330 g/mol. The molecule has 1 unspecified atom stereocenters. The molecule has 0 aromatic heterocycles. The Balaban J connectivity index is 2.47. The molecule has 0 heterocycles. The maximum absolute atomic E-state index is 12.9. The van der Waals surface area contributed by atoms with Gasteiger partial charge in [0.1, 0.15) is 0 Å². The van der Waals surface area contributed by atoms with Crippen LogP contribution in [0.4, 0.5) is 0 Å². The molecular formula is C21H30OS. The van der Waals surface area contributed by atoms with Crippen molar-refractivity contribution < 1.29 is 4.79 Å². The van der Waals surface area contributed by atoms with Crippen LogP contribution in [0.3, 0.4) is 0 Å². The van der Waals surface area contributed by atoms with Gasteiger partial charge in [-0.25, -0.2) is 0 Å². The number of thioether (sulfide) groups is 1. The van der Waals surface area contributed by atoms with Crippen molar-refractivity contribution in [1.82, 2.24) is 0 Å². The second-order valence-corrected chi connectivity index (χ2v) is 7.79. The van der Waals surface area contributed by atoms with E-state index in [0.29, 0.717) is 11.7 Å². The summed E-state index contributed by atoms with van der Waals surface area (Å²) in [6.07, 6.45) is 7.10. The van der Waals surface area contributed by atoms with Gasteiger partial charge in [-0.15, -0.1) is 0 Å². The molecule has 0 spiro atoms. The SMILES string of the molecule is CCc1cc(C)cc(CC)c1C1=C(C)CC(CCSC)CC1=O. The number of allylic oxidation sites excluding steroid dienone is 2. The van der Waals surface area contributed by atoms with Gasteiger partial charge in [-0.2, -0.15) is 11.8 Å². The summed E-state index contributed by atoms with van der Waals surface area (Å²) in [7, 11) is 0. The van der Waals surface area contributed by atoms with Crippen LogP contribution < -0.4 is 0 Å². The van der Waals surface area contributed by atoms with Crippen LogP contribution in [0.25, 0.3) is 5.57 Å². The van der Waals surface area contributed by atoms with Gasteiger partial charge in [-0.05, 0) is 74.1 Å². The Labute approximate surface area is 145 Å². The largest absolute Gasteiger partial charge is 0.294 e. The molecule has 1 aromatic carbocycles. The van der Waals surface area contributed by atoms with E-state index in [1.807, 2.05) is 11.8 Å². The third-order valence-corrected chi connectivity index (χ3v) is 5.61. The lowest BCUT2D eigenvalue weighted by molar-refractivity contribution is -0.115. The average Bonchev–Trinajstić information content (AvgIpc) is 2.52. The topological polar surface area (TPSA) is 17.1 Å². The summed E-state index contributed by atoms with van der Waals surface area (Å²) in [6.45, 7) is 8.73. The minimum atomic E-state index is 0.369. The van der Waals surface area contributed by atoms with Crippen molar-refractivity contribution in [3.05, 3.63) is 40.0 Å². The summed E-state index contributed by atoms with van der Waals surface area (Å²) in [6, 6.07) is 4.53. The molecule has 1 atom stereocenters. The van der Waals surface area contributed by atoms with Crippen molar-refractivity contribution in [1.29, 1.82) is 0 Å². The predicted molar refractivity (Wildman–Crippen MR) is 103 cm³/mol. The Morgan fingerprint density at radius 1 is 1.09 bits per heavy atom. The molecule has 1 aliphatic carbocycles. The first kappa shape index (κ1) is 18.3. The zero-order valence-electron chi connectivity index (χ0n) is 15.3. The number of aryl methyl sites for hydroxylation is 3. The van der Waals surface area contributed by atoms with Gasteiger partial charge in [0.2, 0.25) is 0 Å². The zero-order chi connectivity index (χ0) is 17.0. The number of rotatable bonds is 6. The van der Waals surface area contributed by atoms with Crippen molar-refractivity contribution >= 4 is 23.1 Å². The Morgan fingerprint density at radius 3 is 2.17 bits per heavy atom. The van der Waals surface area contributed by atoms with Crippen molar-refractivity contribution in [2.45, 2.75) is 59.8 Å². The third-order valence-electron chi connectivity index (χ3n) is 4.96. The molecular weight excluding hydrogens is 300 g/mol. The number of benzene rings is 1. The Morgan fingerprint density at radius 2 is 1.70 bits per heavy atom. The van der Waals surface area contributed by atoms with Gasteiger partial charge in [0.25, 0.3) is 0 Å². The van der Waals surface area contributed by atoms with Gasteiger partial charge in [-0.1, -0.05) is 37.1 Å². The molecule has 0 saturated carbocycles. The maximum atomic E-state index is 12.9. The molecule has 0 aliphatic heterocycles. The quantitative estimate of drug-likeness (QED) is 0.673. The lowest BCUT2D eigenvalue weighted by Gasteiger charge is -2.27. The maximum Gasteiger partial charge on any atom is 0.163 e. The highest BCUT2D eigenvalue weighted by molar-refractivity contribution is 7.98. The number of ketones is 1. The molecule has 0 radical (unpaired) electrons. The Kier molecular flexibility index (Phi) is 6.52. The normalized spacial score (nSPS) is 18.7. The van der Waals surface area contributed by atoms with E-state index in [0.717, 1.165) is 43.4 Å². The van der Waals surface area contributed by atoms with E-state index in [2.05, 4.69) is 46.1 Å². The summed E-state index contributed by atoms with van der Waals surface area (Å²) < 4.78 is 0. The van der Waals surface area contributed by atoms with E-state index in [4.69, 9.17) is 0 Å². The molecule has 1 nitrogen and oxygen atoms in total. The van der Waals surface area contributed by atoms with Crippen LogP contribution in [0.15, 0.2) is 17.7 Å². The highest BCUT2D eigenvalue weighted by Gasteiger charge is 2.28. The standard InChI is InChI=1S/C21H30OS/c1-6-17-10-14(3)11-18(7-2)21(17)20-15(4)12-16(8-9-23-5)13-19(20)22/h10-11,16H,6-9,12-13H2,1-5H3.